The molecule has 0 aliphatic carbocycles. The first kappa shape index (κ1) is 13.7. The minimum Gasteiger partial charge on any atom is -0.464 e. The van der Waals surface area contributed by atoms with Gasteiger partial charge in [-0.3, -0.25) is 0 Å². The minimum atomic E-state index is -1.23. The zero-order chi connectivity index (χ0) is 12.7. The van der Waals surface area contributed by atoms with Crippen molar-refractivity contribution in [3.05, 3.63) is 35.9 Å². The Kier molecular flexibility index (Phi) is 5.12. The summed E-state index contributed by atoms with van der Waals surface area (Å²) in [5, 5.41) is 0. The molecule has 2 N–H and O–H groups in total. The van der Waals surface area contributed by atoms with Crippen LogP contribution in [0.2, 0.25) is 0 Å². The Morgan fingerprint density at radius 2 is 1.88 bits per heavy atom. The molecule has 94 valence electrons. The smallest absolute Gasteiger partial charge is 0.333 e. The molecule has 0 bridgehead atoms. The highest BCUT2D eigenvalue weighted by Crippen LogP contribution is 2.20. The summed E-state index contributed by atoms with van der Waals surface area (Å²) in [6.45, 7) is 4.54. The molecule has 17 heavy (non-hydrogen) atoms. The molecule has 0 aliphatic rings. The summed E-state index contributed by atoms with van der Waals surface area (Å²) >= 11 is 0. The number of hydrogen-bond donors (Lipinski definition) is 1. The van der Waals surface area contributed by atoms with Crippen LogP contribution in [0.3, 0.4) is 0 Å². The molecule has 0 spiro atoms. The maximum Gasteiger partial charge on any atom is 0.333 e. The number of ether oxygens (including phenoxy) is 2. The highest BCUT2D eigenvalue weighted by atomic mass is 16.5. The summed E-state index contributed by atoms with van der Waals surface area (Å²) in [7, 11) is 0. The maximum atomic E-state index is 11.9. The van der Waals surface area contributed by atoms with E-state index in [0.717, 1.165) is 0 Å². The SMILES string of the molecule is CCOCC(N)(C(=O)OCC)c1ccccc1. The fourth-order valence-electron chi connectivity index (χ4n) is 1.52. The minimum absolute atomic E-state index is 0.117. The standard InChI is InChI=1S/C13H19NO3/c1-3-16-10-13(14,12(15)17-4-2)11-8-6-5-7-9-11/h5-9H,3-4,10,14H2,1-2H3. The van der Waals surface area contributed by atoms with Crippen molar-refractivity contribution in [1.82, 2.24) is 0 Å². The number of carbonyl (C=O) groups is 1. The topological polar surface area (TPSA) is 61.5 Å². The Labute approximate surface area is 102 Å². The molecule has 0 amide bonds. The molecule has 0 radical (unpaired) electrons. The van der Waals surface area contributed by atoms with E-state index in [9.17, 15) is 4.79 Å². The second kappa shape index (κ2) is 6.37. The van der Waals surface area contributed by atoms with Crippen LogP contribution in [-0.4, -0.2) is 25.8 Å². The van der Waals surface area contributed by atoms with Gasteiger partial charge < -0.3 is 15.2 Å². The van der Waals surface area contributed by atoms with Gasteiger partial charge in [-0.2, -0.15) is 0 Å². The number of rotatable bonds is 6. The van der Waals surface area contributed by atoms with Gasteiger partial charge in [-0.1, -0.05) is 30.3 Å². The molecule has 1 aromatic carbocycles. The molecule has 1 rings (SSSR count). The van der Waals surface area contributed by atoms with E-state index in [1.54, 1.807) is 19.1 Å². The van der Waals surface area contributed by atoms with E-state index in [4.69, 9.17) is 15.2 Å². The van der Waals surface area contributed by atoms with Gasteiger partial charge in [0, 0.05) is 6.61 Å². The van der Waals surface area contributed by atoms with Gasteiger partial charge in [0.05, 0.1) is 13.2 Å². The van der Waals surface area contributed by atoms with Gasteiger partial charge in [-0.25, -0.2) is 4.79 Å². The van der Waals surface area contributed by atoms with Gasteiger partial charge in [0.1, 0.15) is 0 Å². The Morgan fingerprint density at radius 1 is 1.24 bits per heavy atom. The first-order chi connectivity index (χ1) is 8.15. The molecule has 0 saturated heterocycles. The third-order valence-corrected chi connectivity index (χ3v) is 2.46. The summed E-state index contributed by atoms with van der Waals surface area (Å²) in [6, 6.07) is 9.14. The van der Waals surface area contributed by atoms with Crippen LogP contribution in [0.25, 0.3) is 0 Å². The molecular formula is C13H19NO3. The largest absolute Gasteiger partial charge is 0.464 e. The van der Waals surface area contributed by atoms with Crippen LogP contribution in [0.15, 0.2) is 30.3 Å². The summed E-state index contributed by atoms with van der Waals surface area (Å²) in [4.78, 5) is 11.9. The number of carbonyl (C=O) groups excluding carboxylic acids is 1. The molecule has 1 atom stereocenters. The first-order valence-electron chi connectivity index (χ1n) is 5.74. The van der Waals surface area contributed by atoms with Crippen molar-refractivity contribution in [3.8, 4) is 0 Å². The van der Waals surface area contributed by atoms with E-state index >= 15 is 0 Å². The van der Waals surface area contributed by atoms with Gasteiger partial charge >= 0.3 is 5.97 Å². The fraction of sp³-hybridized carbons (Fsp3) is 0.462. The lowest BCUT2D eigenvalue weighted by atomic mass is 9.92. The number of esters is 1. The van der Waals surface area contributed by atoms with Crippen LogP contribution in [0.5, 0.6) is 0 Å². The van der Waals surface area contributed by atoms with Crippen molar-refractivity contribution in [2.24, 2.45) is 5.73 Å². The molecular weight excluding hydrogens is 218 g/mol. The van der Waals surface area contributed by atoms with E-state index in [1.165, 1.54) is 0 Å². The van der Waals surface area contributed by atoms with E-state index in [-0.39, 0.29) is 6.61 Å². The summed E-state index contributed by atoms with van der Waals surface area (Å²) < 4.78 is 10.3. The summed E-state index contributed by atoms with van der Waals surface area (Å²) in [5.41, 5.74) is 5.61. The van der Waals surface area contributed by atoms with Crippen molar-refractivity contribution in [2.75, 3.05) is 19.8 Å². The third-order valence-electron chi connectivity index (χ3n) is 2.46. The Morgan fingerprint density at radius 3 is 2.41 bits per heavy atom. The summed E-state index contributed by atoms with van der Waals surface area (Å²) in [5.74, 6) is -0.459. The summed E-state index contributed by atoms with van der Waals surface area (Å²) in [6.07, 6.45) is 0. The average Bonchev–Trinajstić information content (AvgIpc) is 2.37. The van der Waals surface area contributed by atoms with Gasteiger partial charge in [0.2, 0.25) is 0 Å². The van der Waals surface area contributed by atoms with Crippen LogP contribution < -0.4 is 5.73 Å². The molecule has 0 heterocycles. The molecule has 0 aliphatic heterocycles. The lowest BCUT2D eigenvalue weighted by Crippen LogP contribution is -2.50. The Hall–Kier alpha value is -1.39. The zero-order valence-corrected chi connectivity index (χ0v) is 10.3. The van der Waals surface area contributed by atoms with Gasteiger partial charge in [0.25, 0.3) is 0 Å². The lowest BCUT2D eigenvalue weighted by molar-refractivity contribution is -0.152. The zero-order valence-electron chi connectivity index (χ0n) is 10.3. The molecule has 0 fully saturated rings. The predicted octanol–water partition coefficient (Wildman–Crippen LogP) is 1.44. The van der Waals surface area contributed by atoms with E-state index in [2.05, 4.69) is 0 Å². The number of hydrogen-bond acceptors (Lipinski definition) is 4. The second-order valence-electron chi connectivity index (χ2n) is 3.69. The van der Waals surface area contributed by atoms with Crippen molar-refractivity contribution in [2.45, 2.75) is 19.4 Å². The fourth-order valence-corrected chi connectivity index (χ4v) is 1.52. The second-order valence-corrected chi connectivity index (χ2v) is 3.69. The lowest BCUT2D eigenvalue weighted by Gasteiger charge is -2.27. The van der Waals surface area contributed by atoms with Gasteiger partial charge in [-0.15, -0.1) is 0 Å². The van der Waals surface area contributed by atoms with E-state index in [0.29, 0.717) is 18.8 Å². The van der Waals surface area contributed by atoms with Crippen molar-refractivity contribution >= 4 is 5.97 Å². The van der Waals surface area contributed by atoms with Crippen LogP contribution in [0, 0.1) is 0 Å². The Bertz CT molecular complexity index is 353. The maximum absolute atomic E-state index is 11.9. The monoisotopic (exact) mass is 237 g/mol. The van der Waals surface area contributed by atoms with E-state index in [1.807, 2.05) is 25.1 Å². The third kappa shape index (κ3) is 3.28. The Balaban J connectivity index is 2.97. The molecule has 1 unspecified atom stereocenters. The molecule has 0 saturated carbocycles. The van der Waals surface area contributed by atoms with Crippen LogP contribution in [0.4, 0.5) is 0 Å². The molecule has 4 heteroatoms. The normalized spacial score (nSPS) is 14.1. The predicted molar refractivity (Wildman–Crippen MR) is 65.4 cm³/mol. The molecule has 4 nitrogen and oxygen atoms in total. The van der Waals surface area contributed by atoms with Crippen molar-refractivity contribution in [3.63, 3.8) is 0 Å². The van der Waals surface area contributed by atoms with Crippen LogP contribution in [-0.2, 0) is 19.8 Å². The number of benzene rings is 1. The van der Waals surface area contributed by atoms with Crippen molar-refractivity contribution < 1.29 is 14.3 Å². The van der Waals surface area contributed by atoms with E-state index < -0.39 is 11.5 Å². The highest BCUT2D eigenvalue weighted by molar-refractivity contribution is 5.82. The highest BCUT2D eigenvalue weighted by Gasteiger charge is 2.37. The molecule has 0 aromatic heterocycles. The van der Waals surface area contributed by atoms with Crippen LogP contribution >= 0.6 is 0 Å². The van der Waals surface area contributed by atoms with Crippen molar-refractivity contribution in [1.29, 1.82) is 0 Å². The molecule has 1 aromatic rings. The number of nitrogens with two attached hydrogens (primary N) is 1. The van der Waals surface area contributed by atoms with Gasteiger partial charge in [-0.05, 0) is 19.4 Å². The van der Waals surface area contributed by atoms with Crippen LogP contribution in [0.1, 0.15) is 19.4 Å². The van der Waals surface area contributed by atoms with Gasteiger partial charge in [0.15, 0.2) is 5.54 Å². The first-order valence-corrected chi connectivity index (χ1v) is 5.74. The quantitative estimate of drug-likeness (QED) is 0.760. The average molecular weight is 237 g/mol.